The van der Waals surface area contributed by atoms with Gasteiger partial charge in [-0.05, 0) is 42.5 Å². The van der Waals surface area contributed by atoms with E-state index in [1.54, 1.807) is 13.3 Å². The van der Waals surface area contributed by atoms with Gasteiger partial charge in [0.15, 0.2) is 0 Å². The van der Waals surface area contributed by atoms with Crippen LogP contribution in [0.4, 0.5) is 17.3 Å². The van der Waals surface area contributed by atoms with Crippen molar-refractivity contribution in [3.05, 3.63) is 76.6 Å². The van der Waals surface area contributed by atoms with E-state index in [4.69, 9.17) is 27.1 Å². The van der Waals surface area contributed by atoms with E-state index in [-0.39, 0.29) is 0 Å². The Balaban J connectivity index is 1.40. The average molecular weight is 448 g/mol. The lowest BCUT2D eigenvalue weighted by Crippen LogP contribution is -2.39. The predicted molar refractivity (Wildman–Crippen MR) is 130 cm³/mol. The molecule has 3 aromatic rings. The van der Waals surface area contributed by atoms with Crippen LogP contribution in [-0.4, -0.2) is 36.2 Å². The molecule has 1 aromatic heterocycles. The summed E-state index contributed by atoms with van der Waals surface area (Å²) in [7, 11) is 1.67. The Morgan fingerprint density at radius 1 is 1.16 bits per heavy atom. The fourth-order valence-corrected chi connectivity index (χ4v) is 4.57. The van der Waals surface area contributed by atoms with Crippen molar-refractivity contribution < 1.29 is 4.74 Å². The molecule has 2 heterocycles. The fourth-order valence-electron chi connectivity index (χ4n) is 4.38. The molecule has 0 saturated carbocycles. The number of nitrogens with zero attached hydrogens (tertiary/aromatic N) is 3. The number of piperidine rings is 1. The highest BCUT2D eigenvalue weighted by molar-refractivity contribution is 6.32. The number of benzene rings is 2. The molecule has 5 rings (SSSR count). The lowest BCUT2D eigenvalue weighted by atomic mass is 10.0. The first-order chi connectivity index (χ1) is 15.6. The summed E-state index contributed by atoms with van der Waals surface area (Å²) >= 11 is 6.49. The maximum Gasteiger partial charge on any atom is 0.227 e. The first-order valence-electron chi connectivity index (χ1n) is 10.9. The molecule has 0 radical (unpaired) electrons. The zero-order valence-corrected chi connectivity index (χ0v) is 18.8. The minimum atomic E-state index is 0.298. The van der Waals surface area contributed by atoms with Crippen molar-refractivity contribution in [2.75, 3.05) is 30.4 Å². The van der Waals surface area contributed by atoms with E-state index in [1.165, 1.54) is 11.1 Å². The first-order valence-corrected chi connectivity index (χ1v) is 11.3. The van der Waals surface area contributed by atoms with Crippen LogP contribution in [0.2, 0.25) is 5.02 Å². The molecule has 2 aliphatic rings. The van der Waals surface area contributed by atoms with Gasteiger partial charge in [0.05, 0.1) is 29.7 Å². The van der Waals surface area contributed by atoms with Crippen LogP contribution in [0, 0.1) is 0 Å². The van der Waals surface area contributed by atoms with Gasteiger partial charge in [0.1, 0.15) is 5.75 Å². The summed E-state index contributed by atoms with van der Waals surface area (Å²) in [5.41, 5.74) is 12.2. The number of aromatic nitrogens is 2. The number of methoxy groups -OCH3 is 1. The highest BCUT2D eigenvalue weighted by Gasteiger charge is 2.20. The van der Waals surface area contributed by atoms with E-state index in [9.17, 15) is 0 Å². The Labute approximate surface area is 193 Å². The highest BCUT2D eigenvalue weighted by atomic mass is 35.5. The van der Waals surface area contributed by atoms with Gasteiger partial charge in [-0.25, -0.2) is 9.97 Å². The van der Waals surface area contributed by atoms with Crippen molar-refractivity contribution in [3.63, 3.8) is 0 Å². The average Bonchev–Trinajstić information content (AvgIpc) is 3.25. The summed E-state index contributed by atoms with van der Waals surface area (Å²) in [6.45, 7) is 1.91. The van der Waals surface area contributed by atoms with Gasteiger partial charge in [-0.1, -0.05) is 41.9 Å². The van der Waals surface area contributed by atoms with Gasteiger partial charge in [0.25, 0.3) is 0 Å². The molecule has 1 fully saturated rings. The number of anilines is 3. The minimum absolute atomic E-state index is 0.298. The fraction of sp³-hybridized carbons (Fsp3) is 0.280. The molecule has 32 heavy (non-hydrogen) atoms. The third-order valence-corrected chi connectivity index (χ3v) is 6.45. The normalized spacial score (nSPS) is 16.0. The minimum Gasteiger partial charge on any atom is -0.494 e. The topological polar surface area (TPSA) is 76.3 Å². The lowest BCUT2D eigenvalue weighted by molar-refractivity contribution is 0.416. The maximum absolute atomic E-state index is 6.49. The summed E-state index contributed by atoms with van der Waals surface area (Å²) in [5.74, 6) is 1.22. The van der Waals surface area contributed by atoms with Crippen molar-refractivity contribution in [2.45, 2.75) is 25.3 Å². The van der Waals surface area contributed by atoms with Crippen LogP contribution >= 0.6 is 11.6 Å². The van der Waals surface area contributed by atoms with E-state index < -0.39 is 0 Å². The molecule has 0 unspecified atom stereocenters. The van der Waals surface area contributed by atoms with E-state index >= 15 is 0 Å². The molecule has 2 aromatic carbocycles. The Bertz CT molecular complexity index is 1170. The molecular formula is C25H26ClN5O. The molecule has 1 saturated heterocycles. The summed E-state index contributed by atoms with van der Waals surface area (Å²) < 4.78 is 5.66. The quantitative estimate of drug-likeness (QED) is 0.585. The maximum atomic E-state index is 6.49. The van der Waals surface area contributed by atoms with Crippen molar-refractivity contribution in [1.82, 2.24) is 9.97 Å². The molecule has 7 heteroatoms. The van der Waals surface area contributed by atoms with Gasteiger partial charge < -0.3 is 20.7 Å². The Hall–Kier alpha value is -3.09. The second kappa shape index (κ2) is 8.81. The van der Waals surface area contributed by atoms with Crippen molar-refractivity contribution in [3.8, 4) is 5.75 Å². The standard InChI is InChI=1S/C25H26ClN5O/c1-32-23-14-18(31-12-10-17(27)11-13-31)7-9-22(23)29-25-28-15-21(26)24(30-25)20-8-6-16-4-2-3-5-19(16)20/h2-5,7-9,14-15,17H,6,10-13,27H2,1H3,(H,28,29,30). The molecule has 0 spiro atoms. The van der Waals surface area contributed by atoms with Crippen LogP contribution in [-0.2, 0) is 6.42 Å². The number of ether oxygens (including phenoxy) is 1. The van der Waals surface area contributed by atoms with E-state index in [0.29, 0.717) is 17.0 Å². The van der Waals surface area contributed by atoms with Gasteiger partial charge in [0, 0.05) is 36.5 Å². The molecule has 1 aliphatic heterocycles. The molecular weight excluding hydrogens is 422 g/mol. The van der Waals surface area contributed by atoms with Gasteiger partial charge in [0.2, 0.25) is 5.95 Å². The van der Waals surface area contributed by atoms with Crippen molar-refractivity contribution in [2.24, 2.45) is 5.73 Å². The molecule has 1 aliphatic carbocycles. The number of halogens is 1. The molecule has 0 amide bonds. The number of nitrogens with one attached hydrogen (secondary N) is 1. The summed E-state index contributed by atoms with van der Waals surface area (Å²) in [4.78, 5) is 11.5. The van der Waals surface area contributed by atoms with E-state index in [1.807, 2.05) is 18.2 Å². The largest absolute Gasteiger partial charge is 0.494 e. The number of nitrogens with two attached hydrogens (primary N) is 1. The lowest BCUT2D eigenvalue weighted by Gasteiger charge is -2.32. The molecule has 6 nitrogen and oxygen atoms in total. The molecule has 164 valence electrons. The number of hydrogen-bond acceptors (Lipinski definition) is 6. The number of hydrogen-bond donors (Lipinski definition) is 2. The first kappa shape index (κ1) is 20.8. The smallest absolute Gasteiger partial charge is 0.227 e. The van der Waals surface area contributed by atoms with Gasteiger partial charge >= 0.3 is 0 Å². The van der Waals surface area contributed by atoms with E-state index in [2.05, 4.69) is 45.5 Å². The Morgan fingerprint density at radius 3 is 2.78 bits per heavy atom. The molecule has 3 N–H and O–H groups in total. The SMILES string of the molecule is COc1cc(N2CCC(N)CC2)ccc1Nc1ncc(Cl)c(C2=CCc3ccccc32)n1. The Kier molecular flexibility index (Phi) is 5.72. The van der Waals surface area contributed by atoms with Gasteiger partial charge in [-0.15, -0.1) is 0 Å². The number of fused-ring (bicyclic) bond motifs is 1. The predicted octanol–water partition coefficient (Wildman–Crippen LogP) is 4.80. The van der Waals surface area contributed by atoms with Crippen molar-refractivity contribution >= 4 is 34.5 Å². The summed E-state index contributed by atoms with van der Waals surface area (Å²) in [5, 5.41) is 3.84. The third-order valence-electron chi connectivity index (χ3n) is 6.17. The summed E-state index contributed by atoms with van der Waals surface area (Å²) in [6.07, 6.45) is 6.70. The van der Waals surface area contributed by atoms with Gasteiger partial charge in [-0.2, -0.15) is 0 Å². The third kappa shape index (κ3) is 4.04. The van der Waals surface area contributed by atoms with Crippen LogP contribution in [0.3, 0.4) is 0 Å². The van der Waals surface area contributed by atoms with Crippen LogP contribution in [0.1, 0.15) is 29.7 Å². The molecule has 0 atom stereocenters. The van der Waals surface area contributed by atoms with Crippen LogP contribution < -0.4 is 20.7 Å². The second-order valence-electron chi connectivity index (χ2n) is 8.20. The van der Waals surface area contributed by atoms with Crippen molar-refractivity contribution in [1.29, 1.82) is 0 Å². The monoisotopic (exact) mass is 447 g/mol. The van der Waals surface area contributed by atoms with E-state index in [0.717, 1.165) is 60.7 Å². The van der Waals surface area contributed by atoms with Crippen LogP contribution in [0.5, 0.6) is 5.75 Å². The number of allylic oxidation sites excluding steroid dienone is 1. The number of rotatable bonds is 5. The molecule has 0 bridgehead atoms. The van der Waals surface area contributed by atoms with Crippen LogP contribution in [0.15, 0.2) is 54.7 Å². The second-order valence-corrected chi connectivity index (χ2v) is 8.61. The van der Waals surface area contributed by atoms with Gasteiger partial charge in [-0.3, -0.25) is 0 Å². The Morgan fingerprint density at radius 2 is 1.97 bits per heavy atom. The zero-order valence-electron chi connectivity index (χ0n) is 18.0. The highest BCUT2D eigenvalue weighted by Crippen LogP contribution is 2.36. The summed E-state index contributed by atoms with van der Waals surface area (Å²) in [6, 6.07) is 14.8. The zero-order chi connectivity index (χ0) is 22.1. The van der Waals surface area contributed by atoms with Crippen LogP contribution in [0.25, 0.3) is 5.57 Å².